The van der Waals surface area contributed by atoms with Crippen molar-refractivity contribution in [2.45, 2.75) is 4.90 Å². The van der Waals surface area contributed by atoms with Gasteiger partial charge in [-0.05, 0) is 12.1 Å². The van der Waals surface area contributed by atoms with Crippen LogP contribution in [0, 0.1) is 0 Å². The van der Waals surface area contributed by atoms with Crippen molar-refractivity contribution in [1.29, 1.82) is 0 Å². The van der Waals surface area contributed by atoms with E-state index < -0.39 is 15.9 Å². The van der Waals surface area contributed by atoms with Gasteiger partial charge in [-0.2, -0.15) is 4.31 Å². The predicted octanol–water partition coefficient (Wildman–Crippen LogP) is 0.0703. The maximum absolute atomic E-state index is 12.4. The minimum absolute atomic E-state index is 0.0502. The van der Waals surface area contributed by atoms with Gasteiger partial charge in [0.15, 0.2) is 0 Å². The highest BCUT2D eigenvalue weighted by Gasteiger charge is 2.26. The molecule has 1 amide bonds. The second-order valence-corrected chi connectivity index (χ2v) is 5.96. The molecule has 1 aromatic rings. The van der Waals surface area contributed by atoms with Gasteiger partial charge in [0, 0.05) is 20.2 Å². The van der Waals surface area contributed by atoms with Gasteiger partial charge in [-0.15, -0.1) is 0 Å². The maximum atomic E-state index is 12.4. The Bertz CT molecular complexity index is 586. The quantitative estimate of drug-likeness (QED) is 0.804. The van der Waals surface area contributed by atoms with Crippen LogP contribution in [0.3, 0.4) is 0 Å². The summed E-state index contributed by atoms with van der Waals surface area (Å²) in [5, 5.41) is 2.37. The van der Waals surface area contributed by atoms with Gasteiger partial charge in [0.1, 0.15) is 16.4 Å². The first kappa shape index (κ1) is 16.3. The van der Waals surface area contributed by atoms with Crippen molar-refractivity contribution in [3.63, 3.8) is 0 Å². The SMILES string of the molecule is CNC(=O)CN(C)S(=O)(=O)c1cc(OC)ccc1OC. The molecule has 1 aromatic carbocycles. The number of amides is 1. The lowest BCUT2D eigenvalue weighted by Gasteiger charge is -2.18. The minimum atomic E-state index is -3.85. The van der Waals surface area contributed by atoms with Crippen molar-refractivity contribution in [1.82, 2.24) is 9.62 Å². The number of carbonyl (C=O) groups excluding carboxylic acids is 1. The number of nitrogens with zero attached hydrogens (tertiary/aromatic N) is 1. The molecule has 0 aromatic heterocycles. The van der Waals surface area contributed by atoms with Crippen molar-refractivity contribution >= 4 is 15.9 Å². The Morgan fingerprint density at radius 2 is 1.95 bits per heavy atom. The maximum Gasteiger partial charge on any atom is 0.247 e. The van der Waals surface area contributed by atoms with E-state index in [2.05, 4.69) is 5.32 Å². The summed E-state index contributed by atoms with van der Waals surface area (Å²) < 4.78 is 35.9. The third-order valence-electron chi connectivity index (χ3n) is 2.70. The van der Waals surface area contributed by atoms with Crippen LogP contribution < -0.4 is 14.8 Å². The number of hydrogen-bond acceptors (Lipinski definition) is 5. The Morgan fingerprint density at radius 3 is 2.45 bits per heavy atom. The summed E-state index contributed by atoms with van der Waals surface area (Å²) in [6.07, 6.45) is 0. The van der Waals surface area contributed by atoms with Gasteiger partial charge in [-0.3, -0.25) is 4.79 Å². The van der Waals surface area contributed by atoms with Crippen molar-refractivity contribution < 1.29 is 22.7 Å². The van der Waals surface area contributed by atoms with E-state index >= 15 is 0 Å². The summed E-state index contributed by atoms with van der Waals surface area (Å²) in [4.78, 5) is 11.3. The van der Waals surface area contributed by atoms with Crippen molar-refractivity contribution in [3.05, 3.63) is 18.2 Å². The molecule has 1 rings (SSSR count). The van der Waals surface area contributed by atoms with E-state index in [1.165, 1.54) is 40.4 Å². The number of methoxy groups -OCH3 is 2. The number of nitrogens with one attached hydrogen (secondary N) is 1. The molecule has 0 aliphatic carbocycles. The summed E-state index contributed by atoms with van der Waals surface area (Å²) in [5.41, 5.74) is 0. The van der Waals surface area contributed by atoms with Crippen LogP contribution in [-0.2, 0) is 14.8 Å². The molecular formula is C12H18N2O5S. The minimum Gasteiger partial charge on any atom is -0.497 e. The molecule has 0 atom stereocenters. The first-order valence-electron chi connectivity index (χ1n) is 5.75. The number of rotatable bonds is 6. The van der Waals surface area contributed by atoms with Crippen LogP contribution in [0.4, 0.5) is 0 Å². The Morgan fingerprint density at radius 1 is 1.30 bits per heavy atom. The molecule has 112 valence electrons. The van der Waals surface area contributed by atoms with E-state index in [4.69, 9.17) is 9.47 Å². The molecule has 0 heterocycles. The zero-order valence-corrected chi connectivity index (χ0v) is 12.7. The molecule has 0 saturated carbocycles. The topological polar surface area (TPSA) is 84.9 Å². The monoisotopic (exact) mass is 302 g/mol. The molecule has 0 spiro atoms. The molecular weight excluding hydrogens is 284 g/mol. The second kappa shape index (κ2) is 6.58. The normalized spacial score (nSPS) is 11.2. The number of hydrogen-bond donors (Lipinski definition) is 1. The number of likely N-dealkylation sites (N-methyl/N-ethyl adjacent to an activating group) is 2. The molecule has 20 heavy (non-hydrogen) atoms. The van der Waals surface area contributed by atoms with E-state index in [-0.39, 0.29) is 17.2 Å². The van der Waals surface area contributed by atoms with Gasteiger partial charge in [0.2, 0.25) is 15.9 Å². The van der Waals surface area contributed by atoms with Crippen LogP contribution >= 0.6 is 0 Å². The van der Waals surface area contributed by atoms with E-state index in [0.29, 0.717) is 5.75 Å². The Hall–Kier alpha value is -1.80. The van der Waals surface area contributed by atoms with Gasteiger partial charge in [-0.1, -0.05) is 0 Å². The largest absolute Gasteiger partial charge is 0.497 e. The van der Waals surface area contributed by atoms with Crippen LogP contribution in [-0.4, -0.2) is 53.5 Å². The average molecular weight is 302 g/mol. The molecule has 8 heteroatoms. The number of carbonyl (C=O) groups is 1. The molecule has 0 radical (unpaired) electrons. The van der Waals surface area contributed by atoms with E-state index in [1.54, 1.807) is 6.07 Å². The Labute approximate surface area is 118 Å². The highest BCUT2D eigenvalue weighted by Crippen LogP contribution is 2.29. The summed E-state index contributed by atoms with van der Waals surface area (Å²) in [6, 6.07) is 4.45. The molecule has 0 unspecified atom stereocenters. The van der Waals surface area contributed by atoms with Gasteiger partial charge in [0.05, 0.1) is 20.8 Å². The Balaban J connectivity index is 3.23. The third-order valence-corrected chi connectivity index (χ3v) is 4.53. The zero-order chi connectivity index (χ0) is 15.3. The summed E-state index contributed by atoms with van der Waals surface area (Å²) >= 11 is 0. The first-order chi connectivity index (χ1) is 9.36. The van der Waals surface area contributed by atoms with Crippen LogP contribution in [0.25, 0.3) is 0 Å². The van der Waals surface area contributed by atoms with E-state index in [1.807, 2.05) is 0 Å². The van der Waals surface area contributed by atoms with Gasteiger partial charge < -0.3 is 14.8 Å². The van der Waals surface area contributed by atoms with Crippen molar-refractivity contribution in [2.24, 2.45) is 0 Å². The standard InChI is InChI=1S/C12H18N2O5S/c1-13-12(15)8-14(2)20(16,17)11-7-9(18-3)5-6-10(11)19-4/h5-7H,8H2,1-4H3,(H,13,15). The van der Waals surface area contributed by atoms with Crippen LogP contribution in [0.5, 0.6) is 11.5 Å². The highest BCUT2D eigenvalue weighted by molar-refractivity contribution is 7.89. The zero-order valence-electron chi connectivity index (χ0n) is 11.8. The molecule has 1 N–H and O–H groups in total. The fourth-order valence-corrected chi connectivity index (χ4v) is 2.81. The summed E-state index contributed by atoms with van der Waals surface area (Å²) in [6.45, 7) is -0.279. The molecule has 0 aliphatic rings. The fourth-order valence-electron chi connectivity index (χ4n) is 1.52. The van der Waals surface area contributed by atoms with Gasteiger partial charge in [0.25, 0.3) is 0 Å². The molecule has 0 aliphatic heterocycles. The van der Waals surface area contributed by atoms with E-state index in [0.717, 1.165) is 4.31 Å². The smallest absolute Gasteiger partial charge is 0.247 e. The summed E-state index contributed by atoms with van der Waals surface area (Å²) in [7, 11) is 1.72. The predicted molar refractivity (Wildman–Crippen MR) is 73.4 cm³/mol. The molecule has 7 nitrogen and oxygen atoms in total. The number of ether oxygens (including phenoxy) is 2. The van der Waals surface area contributed by atoms with Crippen molar-refractivity contribution in [2.75, 3.05) is 34.9 Å². The lowest BCUT2D eigenvalue weighted by Crippen LogP contribution is -2.37. The summed E-state index contributed by atoms with van der Waals surface area (Å²) in [5.74, 6) is 0.171. The van der Waals surface area contributed by atoms with Crippen molar-refractivity contribution in [3.8, 4) is 11.5 Å². The lowest BCUT2D eigenvalue weighted by molar-refractivity contribution is -0.120. The third kappa shape index (κ3) is 3.40. The lowest BCUT2D eigenvalue weighted by atomic mass is 10.3. The van der Waals surface area contributed by atoms with Crippen LogP contribution in [0.2, 0.25) is 0 Å². The second-order valence-electron chi connectivity index (χ2n) is 3.95. The highest BCUT2D eigenvalue weighted by atomic mass is 32.2. The Kier molecular flexibility index (Phi) is 5.34. The number of benzene rings is 1. The molecule has 0 fully saturated rings. The van der Waals surface area contributed by atoms with Crippen LogP contribution in [0.1, 0.15) is 0 Å². The van der Waals surface area contributed by atoms with Crippen LogP contribution in [0.15, 0.2) is 23.1 Å². The molecule has 0 saturated heterocycles. The van der Waals surface area contributed by atoms with Gasteiger partial charge >= 0.3 is 0 Å². The van der Waals surface area contributed by atoms with Gasteiger partial charge in [-0.25, -0.2) is 8.42 Å². The molecule has 0 bridgehead atoms. The average Bonchev–Trinajstić information content (AvgIpc) is 2.46. The first-order valence-corrected chi connectivity index (χ1v) is 7.19. The number of sulfonamides is 1. The van der Waals surface area contributed by atoms with E-state index in [9.17, 15) is 13.2 Å². The fraction of sp³-hybridized carbons (Fsp3) is 0.417.